The van der Waals surface area contributed by atoms with E-state index in [9.17, 15) is 14.4 Å². The van der Waals surface area contributed by atoms with E-state index < -0.39 is 11.1 Å². The van der Waals surface area contributed by atoms with Crippen molar-refractivity contribution in [2.75, 3.05) is 45.8 Å². The molecule has 1 aliphatic rings. The van der Waals surface area contributed by atoms with Crippen molar-refractivity contribution in [2.45, 2.75) is 26.4 Å². The third-order valence-corrected chi connectivity index (χ3v) is 6.83. The van der Waals surface area contributed by atoms with E-state index in [-0.39, 0.29) is 19.0 Å². The average Bonchev–Trinajstić information content (AvgIpc) is 2.88. The van der Waals surface area contributed by atoms with Gasteiger partial charge in [-0.3, -0.25) is 23.5 Å². The van der Waals surface area contributed by atoms with Crippen molar-refractivity contribution in [2.24, 2.45) is 0 Å². The van der Waals surface area contributed by atoms with Crippen LogP contribution in [0, 0.1) is 0 Å². The van der Waals surface area contributed by atoms with Crippen molar-refractivity contribution in [1.29, 1.82) is 0 Å². The topological polar surface area (TPSA) is 79.6 Å². The minimum Gasteiger partial charge on any atom is -0.355 e. The highest BCUT2D eigenvalue weighted by Gasteiger charge is 2.17. The highest BCUT2D eigenvalue weighted by molar-refractivity contribution is 6.30. The van der Waals surface area contributed by atoms with Gasteiger partial charge in [-0.25, -0.2) is 0 Å². The van der Waals surface area contributed by atoms with Crippen molar-refractivity contribution in [3.63, 3.8) is 0 Å². The Bertz CT molecular complexity index is 1280. The van der Waals surface area contributed by atoms with Crippen molar-refractivity contribution in [3.05, 3.63) is 79.8 Å². The number of benzene rings is 2. The molecule has 4 rings (SSSR count). The van der Waals surface area contributed by atoms with E-state index in [1.807, 2.05) is 18.2 Å². The minimum atomic E-state index is -0.707. The number of hydrogen-bond donors (Lipinski definition) is 1. The molecule has 0 saturated carbocycles. The van der Waals surface area contributed by atoms with Gasteiger partial charge in [-0.1, -0.05) is 42.8 Å². The van der Waals surface area contributed by atoms with Gasteiger partial charge in [0.1, 0.15) is 6.54 Å². The fraction of sp³-hybridized carbons (Fsp3) is 0.423. The lowest BCUT2D eigenvalue weighted by Crippen LogP contribution is -2.47. The molecule has 0 bridgehead atoms. The van der Waals surface area contributed by atoms with Crippen LogP contribution in [0.25, 0.3) is 11.0 Å². The molecule has 8 nitrogen and oxygen atoms in total. The highest BCUT2D eigenvalue weighted by Crippen LogP contribution is 2.14. The maximum absolute atomic E-state index is 13.0. The Morgan fingerprint density at radius 2 is 1.49 bits per heavy atom. The summed E-state index contributed by atoms with van der Waals surface area (Å²) in [5.41, 5.74) is 0.646. The predicted octanol–water partition coefficient (Wildman–Crippen LogP) is 2.01. The summed E-state index contributed by atoms with van der Waals surface area (Å²) in [5, 5.41) is 3.51. The van der Waals surface area contributed by atoms with Crippen molar-refractivity contribution < 1.29 is 4.79 Å². The van der Waals surface area contributed by atoms with Crippen LogP contribution in [0.2, 0.25) is 5.02 Å². The Morgan fingerprint density at radius 1 is 0.886 bits per heavy atom. The Balaban J connectivity index is 1.42. The third kappa shape index (κ3) is 6.20. The zero-order valence-corrected chi connectivity index (χ0v) is 20.8. The summed E-state index contributed by atoms with van der Waals surface area (Å²) in [5.74, 6) is -0.275. The molecule has 0 unspecified atom stereocenters. The number of nitrogens with zero attached hydrogens (tertiary/aromatic N) is 4. The van der Waals surface area contributed by atoms with Crippen LogP contribution in [0.15, 0.2) is 58.1 Å². The van der Waals surface area contributed by atoms with Gasteiger partial charge in [-0.2, -0.15) is 0 Å². The van der Waals surface area contributed by atoms with Gasteiger partial charge >= 0.3 is 11.1 Å². The smallest absolute Gasteiger partial charge is 0.317 e. The monoisotopic (exact) mass is 497 g/mol. The summed E-state index contributed by atoms with van der Waals surface area (Å²) < 4.78 is 2.73. The number of aromatic nitrogens is 2. The molecule has 9 heteroatoms. The Morgan fingerprint density at radius 3 is 2.14 bits per heavy atom. The number of likely N-dealkylation sites (N-methyl/N-ethyl adjacent to an activating group) is 1. The van der Waals surface area contributed by atoms with Crippen LogP contribution < -0.4 is 16.4 Å². The number of para-hydroxylation sites is 2. The van der Waals surface area contributed by atoms with Gasteiger partial charge in [-0.15, -0.1) is 0 Å². The van der Waals surface area contributed by atoms with Crippen molar-refractivity contribution in [3.8, 4) is 0 Å². The number of rotatable bonds is 9. The average molecular weight is 498 g/mol. The third-order valence-electron chi connectivity index (χ3n) is 6.58. The van der Waals surface area contributed by atoms with Gasteiger partial charge < -0.3 is 15.1 Å². The Kier molecular flexibility index (Phi) is 8.38. The number of amides is 1. The number of hydrogen-bond acceptors (Lipinski definition) is 5. The van der Waals surface area contributed by atoms with E-state index in [1.165, 1.54) is 9.13 Å². The fourth-order valence-corrected chi connectivity index (χ4v) is 4.64. The van der Waals surface area contributed by atoms with E-state index >= 15 is 0 Å². The molecule has 3 aromatic rings. The molecule has 1 aliphatic heterocycles. The van der Waals surface area contributed by atoms with Gasteiger partial charge in [0, 0.05) is 37.7 Å². The van der Waals surface area contributed by atoms with Crippen LogP contribution >= 0.6 is 11.6 Å². The minimum absolute atomic E-state index is 0.189. The summed E-state index contributed by atoms with van der Waals surface area (Å²) >= 11 is 5.97. The number of carbonyl (C=O) groups excluding carboxylic acids is 1. The normalized spacial score (nSPS) is 14.9. The molecule has 2 aromatic carbocycles. The molecular weight excluding hydrogens is 466 g/mol. The van der Waals surface area contributed by atoms with E-state index in [2.05, 4.69) is 22.0 Å². The number of halogens is 1. The SMILES string of the molecule is CCN1CCN(CCCNC(=O)Cn2c(=O)c(=O)n(Cc3ccc(Cl)cc3)c3ccccc32)CC1. The first-order chi connectivity index (χ1) is 17.0. The van der Waals surface area contributed by atoms with E-state index in [4.69, 9.17) is 11.6 Å². The van der Waals surface area contributed by atoms with E-state index in [1.54, 1.807) is 30.3 Å². The van der Waals surface area contributed by atoms with Crippen LogP contribution in [-0.2, 0) is 17.9 Å². The van der Waals surface area contributed by atoms with Crippen molar-refractivity contribution >= 4 is 28.5 Å². The summed E-state index contributed by atoms with van der Waals surface area (Å²) in [6.07, 6.45) is 0.843. The second kappa shape index (κ2) is 11.7. The van der Waals surface area contributed by atoms with Crippen LogP contribution in [0.1, 0.15) is 18.9 Å². The van der Waals surface area contributed by atoms with Gasteiger partial charge in [0.15, 0.2) is 0 Å². The fourth-order valence-electron chi connectivity index (χ4n) is 4.52. The maximum atomic E-state index is 13.0. The summed E-state index contributed by atoms with van der Waals surface area (Å²) in [6, 6.07) is 14.3. The van der Waals surface area contributed by atoms with Gasteiger partial charge in [-0.05, 0) is 49.3 Å². The molecule has 1 aromatic heterocycles. The number of carbonyl (C=O) groups is 1. The maximum Gasteiger partial charge on any atom is 0.317 e. The van der Waals surface area contributed by atoms with Crippen LogP contribution in [0.5, 0.6) is 0 Å². The summed E-state index contributed by atoms with van der Waals surface area (Å²) in [4.78, 5) is 43.5. The molecule has 0 aliphatic carbocycles. The molecule has 1 saturated heterocycles. The van der Waals surface area contributed by atoms with E-state index in [0.29, 0.717) is 22.6 Å². The number of piperazine rings is 1. The lowest BCUT2D eigenvalue weighted by atomic mass is 10.2. The molecule has 0 spiro atoms. The molecule has 1 N–H and O–H groups in total. The van der Waals surface area contributed by atoms with Gasteiger partial charge in [0.2, 0.25) is 5.91 Å². The molecule has 1 fully saturated rings. The standard InChI is InChI=1S/C26H32ClN5O3/c1-2-29-14-16-30(17-15-29)13-5-12-28-24(33)19-32-23-7-4-3-6-22(23)31(25(34)26(32)35)18-20-8-10-21(27)11-9-20/h3-4,6-11H,2,5,12-19H2,1H3,(H,28,33). The van der Waals surface area contributed by atoms with Crippen LogP contribution in [0.3, 0.4) is 0 Å². The number of nitrogens with one attached hydrogen (secondary N) is 1. The quantitative estimate of drug-likeness (QED) is 0.361. The summed E-state index contributed by atoms with van der Waals surface area (Å²) in [6.45, 7) is 9.06. The molecule has 1 amide bonds. The predicted molar refractivity (Wildman–Crippen MR) is 139 cm³/mol. The Labute approximate surface area is 209 Å². The molecule has 35 heavy (non-hydrogen) atoms. The molecular formula is C26H32ClN5O3. The molecule has 2 heterocycles. The zero-order valence-electron chi connectivity index (χ0n) is 20.1. The molecule has 0 radical (unpaired) electrons. The second-order valence-electron chi connectivity index (χ2n) is 8.88. The first-order valence-electron chi connectivity index (χ1n) is 12.1. The molecule has 0 atom stereocenters. The van der Waals surface area contributed by atoms with Gasteiger partial charge in [0.05, 0.1) is 17.6 Å². The highest BCUT2D eigenvalue weighted by atomic mass is 35.5. The first-order valence-corrected chi connectivity index (χ1v) is 12.5. The van der Waals surface area contributed by atoms with E-state index in [0.717, 1.165) is 51.3 Å². The van der Waals surface area contributed by atoms with Crippen LogP contribution in [0.4, 0.5) is 0 Å². The zero-order chi connectivity index (χ0) is 24.8. The largest absolute Gasteiger partial charge is 0.355 e. The second-order valence-corrected chi connectivity index (χ2v) is 9.31. The number of fused-ring (bicyclic) bond motifs is 1. The lowest BCUT2D eigenvalue weighted by molar-refractivity contribution is -0.121. The Hall–Kier alpha value is -2.94. The van der Waals surface area contributed by atoms with Crippen molar-refractivity contribution in [1.82, 2.24) is 24.3 Å². The first kappa shape index (κ1) is 25.2. The summed E-state index contributed by atoms with van der Waals surface area (Å²) in [7, 11) is 0. The van der Waals surface area contributed by atoms with Crippen LogP contribution in [-0.4, -0.2) is 70.7 Å². The van der Waals surface area contributed by atoms with Gasteiger partial charge in [0.25, 0.3) is 0 Å². The lowest BCUT2D eigenvalue weighted by Gasteiger charge is -2.33. The molecule has 186 valence electrons.